The summed E-state index contributed by atoms with van der Waals surface area (Å²) in [5.74, 6) is 0.645. The van der Waals surface area contributed by atoms with Gasteiger partial charge in [0.1, 0.15) is 0 Å². The zero-order valence-electron chi connectivity index (χ0n) is 30.0. The maximum atomic E-state index is 12.1. The van der Waals surface area contributed by atoms with Crippen molar-refractivity contribution in [1.82, 2.24) is 0 Å². The third-order valence-corrected chi connectivity index (χ3v) is 8.48. The highest BCUT2D eigenvalue weighted by Gasteiger charge is 2.36. The fraction of sp³-hybridized carbons (Fsp3) is 0.684. The predicted octanol–water partition coefficient (Wildman–Crippen LogP) is 13.2. The summed E-state index contributed by atoms with van der Waals surface area (Å²) in [5.41, 5.74) is 12.0. The van der Waals surface area contributed by atoms with Crippen molar-refractivity contribution in [3.8, 4) is 0 Å². The van der Waals surface area contributed by atoms with Crippen LogP contribution >= 0.6 is 11.3 Å². The molecule has 3 N–H and O–H groups in total. The summed E-state index contributed by atoms with van der Waals surface area (Å²) in [5, 5.41) is 15.4. The molecule has 1 heterocycles. The molecule has 0 fully saturated rings. The van der Waals surface area contributed by atoms with Gasteiger partial charge in [-0.2, -0.15) is 24.5 Å². The Bertz CT molecular complexity index is 988. The van der Waals surface area contributed by atoms with E-state index in [1.165, 1.54) is 41.7 Å². The Balaban J connectivity index is 0. The average molecular weight is 642 g/mol. The summed E-state index contributed by atoms with van der Waals surface area (Å²) in [6, 6.07) is 2.17. The second-order valence-electron chi connectivity index (χ2n) is 11.6. The quantitative estimate of drug-likeness (QED) is 0.311. The molecule has 0 amide bonds. The molecule has 0 spiro atoms. The smallest absolute Gasteiger partial charge is 0.402 e. The Labute approximate surface area is 273 Å². The number of halogens is 3. The van der Waals surface area contributed by atoms with Crippen LogP contribution in [0.1, 0.15) is 152 Å². The highest BCUT2D eigenvalue weighted by Crippen LogP contribution is 2.46. The summed E-state index contributed by atoms with van der Waals surface area (Å²) in [6.07, 6.45) is 9.77. The molecule has 0 aliphatic heterocycles. The Morgan fingerprint density at radius 1 is 1.07 bits per heavy atom. The van der Waals surface area contributed by atoms with E-state index in [0.717, 1.165) is 62.6 Å². The molecule has 2 nitrogen and oxygen atoms in total. The number of hydrogen-bond acceptors (Lipinski definition) is 3. The summed E-state index contributed by atoms with van der Waals surface area (Å²) in [4.78, 5) is 0. The van der Waals surface area contributed by atoms with Crippen molar-refractivity contribution in [2.75, 3.05) is 0 Å². The van der Waals surface area contributed by atoms with Gasteiger partial charge < -0.3 is 10.8 Å². The van der Waals surface area contributed by atoms with Crippen LogP contribution in [0.15, 0.2) is 57.5 Å². The first kappa shape index (κ1) is 44.3. The Kier molecular flexibility index (Phi) is 24.6. The summed E-state index contributed by atoms with van der Waals surface area (Å²) >= 11 is 1.71. The number of thiophene rings is 1. The van der Waals surface area contributed by atoms with E-state index in [2.05, 4.69) is 65.3 Å². The molecule has 0 bridgehead atoms. The molecule has 6 heteroatoms. The fourth-order valence-corrected chi connectivity index (χ4v) is 5.75. The molecule has 0 aromatic carbocycles. The average Bonchev–Trinajstić information content (AvgIpc) is 3.50. The number of hydrogen-bond donors (Lipinski definition) is 2. The van der Waals surface area contributed by atoms with Gasteiger partial charge in [0.05, 0.1) is 11.7 Å². The van der Waals surface area contributed by atoms with Crippen molar-refractivity contribution < 1.29 is 18.3 Å². The molecule has 0 saturated heterocycles. The van der Waals surface area contributed by atoms with Crippen LogP contribution in [-0.4, -0.2) is 17.4 Å². The summed E-state index contributed by atoms with van der Waals surface area (Å²) in [7, 11) is 0. The minimum Gasteiger partial charge on any atom is -0.402 e. The van der Waals surface area contributed by atoms with Crippen molar-refractivity contribution in [2.24, 2.45) is 17.1 Å². The zero-order valence-corrected chi connectivity index (χ0v) is 30.8. The molecule has 2 aliphatic carbocycles. The van der Waals surface area contributed by atoms with E-state index in [9.17, 15) is 18.3 Å². The number of alkyl halides is 3. The molecule has 1 aromatic rings. The van der Waals surface area contributed by atoms with Crippen molar-refractivity contribution in [2.45, 2.75) is 159 Å². The van der Waals surface area contributed by atoms with E-state index < -0.39 is 17.9 Å². The topological polar surface area (TPSA) is 46.2 Å². The number of aliphatic hydroxyl groups excluding tert-OH is 1. The summed E-state index contributed by atoms with van der Waals surface area (Å²) < 4.78 is 36.4. The van der Waals surface area contributed by atoms with Gasteiger partial charge in [-0.15, -0.1) is 0 Å². The highest BCUT2D eigenvalue weighted by molar-refractivity contribution is 7.08. The number of nitrogens with two attached hydrogens (primary N) is 1. The van der Waals surface area contributed by atoms with Gasteiger partial charge in [-0.25, -0.2) is 0 Å². The Morgan fingerprint density at radius 3 is 2.11 bits per heavy atom. The minimum atomic E-state index is -4.17. The van der Waals surface area contributed by atoms with Crippen molar-refractivity contribution >= 4 is 16.9 Å². The van der Waals surface area contributed by atoms with Gasteiger partial charge in [0, 0.05) is 11.3 Å². The largest absolute Gasteiger partial charge is 0.416 e. The maximum absolute atomic E-state index is 12.1. The minimum absolute atomic E-state index is 0.107. The first-order valence-electron chi connectivity index (χ1n) is 17.2. The third kappa shape index (κ3) is 16.0. The van der Waals surface area contributed by atoms with Gasteiger partial charge >= 0.3 is 6.18 Å². The monoisotopic (exact) mass is 641 g/mol. The number of allylic oxidation sites excluding steroid dienone is 6. The molecule has 1 aromatic heterocycles. The molecule has 3 atom stereocenters. The third-order valence-electron chi connectivity index (χ3n) is 7.80. The van der Waals surface area contributed by atoms with Crippen molar-refractivity contribution in [3.63, 3.8) is 0 Å². The lowest BCUT2D eigenvalue weighted by atomic mass is 9.69. The van der Waals surface area contributed by atoms with E-state index in [4.69, 9.17) is 5.73 Å². The fourth-order valence-electron chi connectivity index (χ4n) is 5.10. The first-order valence-corrected chi connectivity index (χ1v) is 18.2. The van der Waals surface area contributed by atoms with Gasteiger partial charge in [-0.05, 0) is 90.7 Å². The molecular weight excluding hydrogens is 575 g/mol. The van der Waals surface area contributed by atoms with Gasteiger partial charge in [-0.3, -0.25) is 0 Å². The van der Waals surface area contributed by atoms with Gasteiger partial charge in [0.15, 0.2) is 0 Å². The van der Waals surface area contributed by atoms with Gasteiger partial charge in [0.2, 0.25) is 0 Å². The first-order chi connectivity index (χ1) is 20.9. The maximum Gasteiger partial charge on any atom is 0.416 e. The second kappa shape index (κ2) is 24.4. The molecule has 2 unspecified atom stereocenters. The van der Waals surface area contributed by atoms with E-state index >= 15 is 0 Å². The molecular formula is C38H66F3NOS. The van der Waals surface area contributed by atoms with E-state index in [0.29, 0.717) is 12.3 Å². The lowest BCUT2D eigenvalue weighted by Gasteiger charge is -2.38. The number of rotatable bonds is 7. The standard InChI is InChI=1S/C22H35NOS.C9H11F3.C3H8.2C2H6/c1-6-15(4)11-16(7-2)20(17-9-10-25-14-17)21-18(23)12-22(5,8-3)13-19(21)24;10-9(11,12)8-6-4-2-1-3-5-7-8;1-3-2;2*1-2/h9-10,14-15,19,24H,6-8,11-13,23H2,1-5H3;4,6-7H,1-3,5H2;3H2,1-2H3;2*1-2H3/b20-16-;6-4?,8-7+;;;/t15?,19-,22?;;;;/m0..../s1. The second-order valence-corrected chi connectivity index (χ2v) is 12.4. The van der Waals surface area contributed by atoms with Crippen LogP contribution in [-0.2, 0) is 0 Å². The van der Waals surface area contributed by atoms with Crippen LogP contribution in [0.25, 0.3) is 5.57 Å². The normalized spacial score (nSPS) is 22.3. The van der Waals surface area contributed by atoms with E-state index in [1.807, 2.05) is 27.7 Å². The molecule has 256 valence electrons. The van der Waals surface area contributed by atoms with Gasteiger partial charge in [0.25, 0.3) is 0 Å². The lowest BCUT2D eigenvalue weighted by Crippen LogP contribution is -2.34. The Morgan fingerprint density at radius 2 is 1.66 bits per heavy atom. The van der Waals surface area contributed by atoms with Crippen LogP contribution < -0.4 is 5.73 Å². The van der Waals surface area contributed by atoms with Crippen molar-refractivity contribution in [3.05, 3.63) is 63.0 Å². The zero-order chi connectivity index (χ0) is 34.3. The van der Waals surface area contributed by atoms with Gasteiger partial charge in [-0.1, -0.05) is 119 Å². The van der Waals surface area contributed by atoms with Crippen LogP contribution in [0.2, 0.25) is 0 Å². The SMILES string of the molecule is CC.CC.CC/C(CC(C)CC)=C(/C1=C(N)CC(C)(CC)C[C@@H]1O)c1ccsc1.CCC.FC(F)(F)/C1=C/CCCCC=C1. The van der Waals surface area contributed by atoms with E-state index in [-0.39, 0.29) is 5.41 Å². The van der Waals surface area contributed by atoms with Crippen LogP contribution in [0, 0.1) is 11.3 Å². The van der Waals surface area contributed by atoms with Crippen molar-refractivity contribution in [1.29, 1.82) is 0 Å². The van der Waals surface area contributed by atoms with E-state index in [1.54, 1.807) is 17.4 Å². The molecule has 2 aliphatic rings. The van der Waals surface area contributed by atoms with Crippen LogP contribution in [0.4, 0.5) is 13.2 Å². The number of aliphatic hydroxyl groups is 1. The molecule has 0 saturated carbocycles. The predicted molar refractivity (Wildman–Crippen MR) is 191 cm³/mol. The summed E-state index contributed by atoms with van der Waals surface area (Å²) in [6.45, 7) is 23.5. The Hall–Kier alpha value is -1.79. The lowest BCUT2D eigenvalue weighted by molar-refractivity contribution is -0.0885. The molecule has 3 rings (SSSR count). The van der Waals surface area contributed by atoms with Crippen LogP contribution in [0.3, 0.4) is 0 Å². The highest BCUT2D eigenvalue weighted by atomic mass is 32.1. The van der Waals surface area contributed by atoms with Crippen LogP contribution in [0.5, 0.6) is 0 Å². The molecule has 0 radical (unpaired) electrons. The molecule has 44 heavy (non-hydrogen) atoms.